The minimum absolute atomic E-state index is 0.301. The molecule has 1 heterocycles. The van der Waals surface area contributed by atoms with Crippen molar-refractivity contribution in [3.05, 3.63) is 34.2 Å². The van der Waals surface area contributed by atoms with Crippen molar-refractivity contribution in [2.24, 2.45) is 0 Å². The lowest BCUT2D eigenvalue weighted by molar-refractivity contribution is 0.487. The van der Waals surface area contributed by atoms with Gasteiger partial charge in [-0.1, -0.05) is 13.8 Å². The van der Waals surface area contributed by atoms with Crippen molar-refractivity contribution in [2.45, 2.75) is 26.4 Å². The second-order valence-corrected chi connectivity index (χ2v) is 4.91. The molecule has 0 unspecified atom stereocenters. The van der Waals surface area contributed by atoms with Crippen LogP contribution in [0.4, 0.5) is 4.39 Å². The number of benzene rings is 1. The Morgan fingerprint density at radius 1 is 1.38 bits per heavy atom. The molecule has 1 aromatic heterocycles. The van der Waals surface area contributed by atoms with Crippen LogP contribution in [0.2, 0.25) is 0 Å². The fourth-order valence-corrected chi connectivity index (χ4v) is 1.84. The lowest BCUT2D eigenvalue weighted by atomic mass is 10.2. The van der Waals surface area contributed by atoms with Crippen LogP contribution in [0.1, 0.15) is 19.6 Å². The lowest BCUT2D eigenvalue weighted by Crippen LogP contribution is -2.21. The topological polar surface area (TPSA) is 25.2 Å². The highest BCUT2D eigenvalue weighted by Crippen LogP contribution is 2.26. The maximum Gasteiger partial charge on any atom is 0.141 e. The van der Waals surface area contributed by atoms with E-state index in [0.29, 0.717) is 22.6 Å². The lowest BCUT2D eigenvalue weighted by Gasteiger charge is -2.04. The normalized spacial score (nSPS) is 11.6. The van der Waals surface area contributed by atoms with Crippen LogP contribution in [0, 0.1) is 5.82 Å². The van der Waals surface area contributed by atoms with Gasteiger partial charge in [0.05, 0.1) is 11.0 Å². The van der Waals surface area contributed by atoms with Gasteiger partial charge in [-0.25, -0.2) is 4.39 Å². The third-order valence-corrected chi connectivity index (χ3v) is 2.90. The van der Waals surface area contributed by atoms with Crippen LogP contribution in [0.25, 0.3) is 11.0 Å². The van der Waals surface area contributed by atoms with E-state index in [1.807, 2.05) is 6.07 Å². The Kier molecular flexibility index (Phi) is 3.30. The number of hydrogen-bond donors (Lipinski definition) is 1. The van der Waals surface area contributed by atoms with Gasteiger partial charge < -0.3 is 9.73 Å². The van der Waals surface area contributed by atoms with Gasteiger partial charge in [-0.3, -0.25) is 0 Å². The van der Waals surface area contributed by atoms with Crippen LogP contribution >= 0.6 is 15.9 Å². The number of nitrogens with one attached hydrogen (secondary N) is 1. The van der Waals surface area contributed by atoms with E-state index in [1.54, 1.807) is 6.07 Å². The van der Waals surface area contributed by atoms with E-state index in [0.717, 1.165) is 11.1 Å². The maximum absolute atomic E-state index is 13.2. The molecule has 2 rings (SSSR count). The highest BCUT2D eigenvalue weighted by Gasteiger charge is 2.08. The van der Waals surface area contributed by atoms with E-state index in [4.69, 9.17) is 4.42 Å². The van der Waals surface area contributed by atoms with Crippen molar-refractivity contribution >= 4 is 26.9 Å². The monoisotopic (exact) mass is 285 g/mol. The maximum atomic E-state index is 13.2. The standard InChI is InChI=1S/C12H13BrFNO/c1-7(2)15-6-9-3-8-4-10(13)11(14)5-12(8)16-9/h3-5,7,15H,6H2,1-2H3. The molecule has 0 spiro atoms. The van der Waals surface area contributed by atoms with E-state index in [-0.39, 0.29) is 5.82 Å². The predicted octanol–water partition coefficient (Wildman–Crippen LogP) is 3.83. The second-order valence-electron chi connectivity index (χ2n) is 4.05. The van der Waals surface area contributed by atoms with E-state index >= 15 is 0 Å². The van der Waals surface area contributed by atoms with Crippen molar-refractivity contribution in [3.63, 3.8) is 0 Å². The molecule has 1 aromatic carbocycles. The van der Waals surface area contributed by atoms with Crippen LogP contribution in [-0.4, -0.2) is 6.04 Å². The number of halogens is 2. The minimum Gasteiger partial charge on any atom is -0.460 e. The van der Waals surface area contributed by atoms with Crippen LogP contribution in [0.15, 0.2) is 27.1 Å². The molecule has 2 nitrogen and oxygen atoms in total. The SMILES string of the molecule is CC(C)NCc1cc2cc(Br)c(F)cc2o1. The second kappa shape index (κ2) is 4.55. The largest absolute Gasteiger partial charge is 0.460 e. The van der Waals surface area contributed by atoms with E-state index < -0.39 is 0 Å². The molecule has 0 atom stereocenters. The molecule has 0 amide bonds. The molecular weight excluding hydrogens is 273 g/mol. The van der Waals surface area contributed by atoms with Gasteiger partial charge >= 0.3 is 0 Å². The Balaban J connectivity index is 2.29. The fourth-order valence-electron chi connectivity index (χ4n) is 1.48. The Bertz CT molecular complexity index is 468. The Morgan fingerprint density at radius 3 is 2.81 bits per heavy atom. The summed E-state index contributed by atoms with van der Waals surface area (Å²) in [5, 5.41) is 4.16. The summed E-state index contributed by atoms with van der Waals surface area (Å²) < 4.78 is 19.2. The average molecular weight is 286 g/mol. The van der Waals surface area contributed by atoms with Crippen molar-refractivity contribution in [2.75, 3.05) is 0 Å². The molecule has 0 aliphatic carbocycles. The van der Waals surface area contributed by atoms with Crippen LogP contribution in [-0.2, 0) is 6.54 Å². The molecule has 0 aliphatic rings. The van der Waals surface area contributed by atoms with Gasteiger partial charge in [-0.05, 0) is 28.1 Å². The fraction of sp³-hybridized carbons (Fsp3) is 0.333. The highest BCUT2D eigenvalue weighted by atomic mass is 79.9. The minimum atomic E-state index is -0.301. The summed E-state index contributed by atoms with van der Waals surface area (Å²) in [7, 11) is 0. The first-order chi connectivity index (χ1) is 7.56. The molecule has 0 saturated carbocycles. The summed E-state index contributed by atoms with van der Waals surface area (Å²) in [6.45, 7) is 4.80. The van der Waals surface area contributed by atoms with Gasteiger partial charge in [0, 0.05) is 17.5 Å². The van der Waals surface area contributed by atoms with Gasteiger partial charge in [-0.2, -0.15) is 0 Å². The molecule has 86 valence electrons. The summed E-state index contributed by atoms with van der Waals surface area (Å²) in [5.41, 5.74) is 0.584. The molecule has 0 saturated heterocycles. The zero-order valence-electron chi connectivity index (χ0n) is 9.18. The number of fused-ring (bicyclic) bond motifs is 1. The molecule has 0 aliphatic heterocycles. The Labute approximate surface area is 102 Å². The van der Waals surface area contributed by atoms with Gasteiger partial charge in [0.25, 0.3) is 0 Å². The third kappa shape index (κ3) is 2.44. The van der Waals surface area contributed by atoms with Crippen molar-refractivity contribution < 1.29 is 8.81 Å². The van der Waals surface area contributed by atoms with Gasteiger partial charge in [0.2, 0.25) is 0 Å². The summed E-state index contributed by atoms with van der Waals surface area (Å²) in [5.74, 6) is 0.520. The molecule has 2 aromatic rings. The number of hydrogen-bond acceptors (Lipinski definition) is 2. The smallest absolute Gasteiger partial charge is 0.141 e. The predicted molar refractivity (Wildman–Crippen MR) is 65.8 cm³/mol. The highest BCUT2D eigenvalue weighted by molar-refractivity contribution is 9.10. The molecule has 0 fully saturated rings. The van der Waals surface area contributed by atoms with Gasteiger partial charge in [-0.15, -0.1) is 0 Å². The zero-order chi connectivity index (χ0) is 11.7. The van der Waals surface area contributed by atoms with Gasteiger partial charge in [0.1, 0.15) is 17.2 Å². The molecule has 0 radical (unpaired) electrons. The molecule has 4 heteroatoms. The summed E-state index contributed by atoms with van der Waals surface area (Å²) >= 11 is 3.16. The van der Waals surface area contributed by atoms with Crippen LogP contribution < -0.4 is 5.32 Å². The Morgan fingerprint density at radius 2 is 2.12 bits per heavy atom. The van der Waals surface area contributed by atoms with E-state index in [1.165, 1.54) is 6.07 Å². The molecule has 16 heavy (non-hydrogen) atoms. The van der Waals surface area contributed by atoms with Crippen LogP contribution in [0.5, 0.6) is 0 Å². The molecule has 0 bridgehead atoms. The van der Waals surface area contributed by atoms with Crippen molar-refractivity contribution in [3.8, 4) is 0 Å². The molecule has 1 N–H and O–H groups in total. The van der Waals surface area contributed by atoms with E-state index in [2.05, 4.69) is 35.1 Å². The quantitative estimate of drug-likeness (QED) is 0.927. The average Bonchev–Trinajstić information content (AvgIpc) is 2.58. The summed E-state index contributed by atoms with van der Waals surface area (Å²) in [6, 6.07) is 5.46. The van der Waals surface area contributed by atoms with Gasteiger partial charge in [0.15, 0.2) is 0 Å². The first kappa shape index (κ1) is 11.6. The Hall–Kier alpha value is -0.870. The van der Waals surface area contributed by atoms with Crippen molar-refractivity contribution in [1.82, 2.24) is 5.32 Å². The van der Waals surface area contributed by atoms with Crippen molar-refractivity contribution in [1.29, 1.82) is 0 Å². The zero-order valence-corrected chi connectivity index (χ0v) is 10.8. The first-order valence-electron chi connectivity index (χ1n) is 5.17. The number of rotatable bonds is 3. The summed E-state index contributed by atoms with van der Waals surface area (Å²) in [4.78, 5) is 0. The third-order valence-electron chi connectivity index (χ3n) is 2.29. The number of furan rings is 1. The van der Waals surface area contributed by atoms with Crippen LogP contribution in [0.3, 0.4) is 0 Å². The first-order valence-corrected chi connectivity index (χ1v) is 5.96. The summed E-state index contributed by atoms with van der Waals surface area (Å²) in [6.07, 6.45) is 0. The van der Waals surface area contributed by atoms with E-state index in [9.17, 15) is 4.39 Å². The molecular formula is C12H13BrFNO.